The van der Waals surface area contributed by atoms with Gasteiger partial charge in [0.05, 0.1) is 16.0 Å². The van der Waals surface area contributed by atoms with Crippen molar-refractivity contribution >= 4 is 20.8 Å². The van der Waals surface area contributed by atoms with Crippen LogP contribution >= 0.6 is 0 Å². The summed E-state index contributed by atoms with van der Waals surface area (Å²) in [6, 6.07) is 21.4. The molecule has 1 atom stereocenters. The fraction of sp³-hybridized carbons (Fsp3) is 0.167. The first-order valence-corrected chi connectivity index (χ1v) is 11.4. The zero-order valence-corrected chi connectivity index (χ0v) is 18.3. The smallest absolute Gasteiger partial charge is 0.267 e. The molecule has 4 rings (SSSR count). The summed E-state index contributed by atoms with van der Waals surface area (Å²) in [5.41, 5.74) is 2.50. The van der Waals surface area contributed by atoms with Gasteiger partial charge >= 0.3 is 0 Å². The fourth-order valence-corrected chi connectivity index (χ4v) is 5.16. The second-order valence-corrected chi connectivity index (χ2v) is 9.24. The van der Waals surface area contributed by atoms with E-state index in [4.69, 9.17) is 0 Å². The van der Waals surface area contributed by atoms with Gasteiger partial charge in [-0.05, 0) is 37.1 Å². The first-order chi connectivity index (χ1) is 14.8. The van der Waals surface area contributed by atoms with Crippen LogP contribution in [0, 0.1) is 6.92 Å². The summed E-state index contributed by atoms with van der Waals surface area (Å²) in [5, 5.41) is 5.64. The van der Waals surface area contributed by atoms with Crippen molar-refractivity contribution < 1.29 is 8.42 Å². The molecule has 1 N–H and O–H groups in total. The molecule has 0 amide bonds. The largest absolute Gasteiger partial charge is 0.274 e. The van der Waals surface area contributed by atoms with Gasteiger partial charge in [-0.1, -0.05) is 60.7 Å². The van der Waals surface area contributed by atoms with E-state index in [1.807, 2.05) is 55.5 Å². The number of aromatic nitrogens is 2. The Kier molecular flexibility index (Phi) is 5.47. The van der Waals surface area contributed by atoms with Crippen LogP contribution in [0.15, 0.2) is 82.5 Å². The highest BCUT2D eigenvalue weighted by atomic mass is 32.2. The van der Waals surface area contributed by atoms with Crippen molar-refractivity contribution in [2.75, 3.05) is 0 Å². The lowest BCUT2D eigenvalue weighted by Crippen LogP contribution is -2.27. The van der Waals surface area contributed by atoms with Crippen molar-refractivity contribution in [3.8, 4) is 11.3 Å². The second kappa shape index (κ2) is 8.09. The average Bonchev–Trinajstić information content (AvgIpc) is 2.77. The summed E-state index contributed by atoms with van der Waals surface area (Å²) < 4.78 is 30.5. The van der Waals surface area contributed by atoms with E-state index >= 15 is 0 Å². The standard InChI is InChI=1S/C24H23N3O3S/c1-16-13-14-19(23-20-11-7-8-12-21(20)24(28)27(3)25-23)15-22(16)31(29,30)26-17(2)18-9-5-4-6-10-18/h4-15,17,26H,1-3H3/t17-/m1/s1. The van der Waals surface area contributed by atoms with Gasteiger partial charge in [-0.2, -0.15) is 5.10 Å². The van der Waals surface area contributed by atoms with Crippen LogP contribution in [-0.2, 0) is 17.1 Å². The van der Waals surface area contributed by atoms with Gasteiger partial charge in [0.15, 0.2) is 0 Å². The van der Waals surface area contributed by atoms with Crippen LogP contribution in [0.4, 0.5) is 0 Å². The first kappa shape index (κ1) is 21.0. The average molecular weight is 434 g/mol. The number of rotatable bonds is 5. The minimum absolute atomic E-state index is 0.188. The lowest BCUT2D eigenvalue weighted by atomic mass is 10.0. The highest BCUT2D eigenvalue weighted by Gasteiger charge is 2.22. The van der Waals surface area contributed by atoms with Crippen LogP contribution < -0.4 is 10.3 Å². The molecule has 3 aromatic carbocycles. The van der Waals surface area contributed by atoms with E-state index in [1.54, 1.807) is 38.2 Å². The van der Waals surface area contributed by atoms with Gasteiger partial charge in [-0.3, -0.25) is 4.79 Å². The molecule has 1 aromatic heterocycles. The molecule has 158 valence electrons. The molecule has 0 radical (unpaired) electrons. The van der Waals surface area contributed by atoms with Crippen molar-refractivity contribution in [1.29, 1.82) is 0 Å². The van der Waals surface area contributed by atoms with Crippen LogP contribution in [0.3, 0.4) is 0 Å². The summed E-state index contributed by atoms with van der Waals surface area (Å²) in [7, 11) is -2.20. The van der Waals surface area contributed by atoms with Gasteiger partial charge < -0.3 is 0 Å². The maximum Gasteiger partial charge on any atom is 0.274 e. The van der Waals surface area contributed by atoms with Gasteiger partial charge in [-0.25, -0.2) is 17.8 Å². The Balaban J connectivity index is 1.81. The molecule has 31 heavy (non-hydrogen) atoms. The monoisotopic (exact) mass is 433 g/mol. The zero-order chi connectivity index (χ0) is 22.2. The molecule has 7 heteroatoms. The van der Waals surface area contributed by atoms with E-state index in [0.29, 0.717) is 27.6 Å². The lowest BCUT2D eigenvalue weighted by Gasteiger charge is -2.17. The highest BCUT2D eigenvalue weighted by molar-refractivity contribution is 7.89. The topological polar surface area (TPSA) is 81.1 Å². The Morgan fingerprint density at radius 1 is 0.935 bits per heavy atom. The molecule has 0 aliphatic carbocycles. The summed E-state index contributed by atoms with van der Waals surface area (Å²) in [6.45, 7) is 3.58. The molecule has 0 saturated heterocycles. The predicted molar refractivity (Wildman–Crippen MR) is 122 cm³/mol. The lowest BCUT2D eigenvalue weighted by molar-refractivity contribution is 0.566. The molecule has 4 aromatic rings. The van der Waals surface area contributed by atoms with Crippen LogP contribution in [0.2, 0.25) is 0 Å². The van der Waals surface area contributed by atoms with Gasteiger partial charge in [-0.15, -0.1) is 0 Å². The second-order valence-electron chi connectivity index (χ2n) is 7.56. The van der Waals surface area contributed by atoms with Crippen LogP contribution in [0.5, 0.6) is 0 Å². The summed E-state index contributed by atoms with van der Waals surface area (Å²) >= 11 is 0. The molecule has 0 aliphatic rings. The molecule has 0 unspecified atom stereocenters. The van der Waals surface area contributed by atoms with Crippen molar-refractivity contribution in [2.24, 2.45) is 7.05 Å². The summed E-state index contributed by atoms with van der Waals surface area (Å²) in [6.07, 6.45) is 0. The highest BCUT2D eigenvalue weighted by Crippen LogP contribution is 2.29. The third kappa shape index (κ3) is 4.02. The SMILES string of the molecule is Cc1ccc(-c2nn(C)c(=O)c3ccccc23)cc1S(=O)(=O)N[C@H](C)c1ccccc1. The minimum Gasteiger partial charge on any atom is -0.267 e. The Morgan fingerprint density at radius 2 is 1.58 bits per heavy atom. The maximum atomic E-state index is 13.2. The molecule has 0 fully saturated rings. The Labute approximate surface area is 181 Å². The van der Waals surface area contributed by atoms with Gasteiger partial charge in [0, 0.05) is 24.0 Å². The van der Waals surface area contributed by atoms with Crippen LogP contribution in [0.25, 0.3) is 22.0 Å². The van der Waals surface area contributed by atoms with Gasteiger partial charge in [0.1, 0.15) is 0 Å². The Bertz CT molecular complexity index is 1430. The predicted octanol–water partition coefficient (Wildman–Crippen LogP) is 3.95. The van der Waals surface area contributed by atoms with E-state index in [2.05, 4.69) is 9.82 Å². The number of fused-ring (bicyclic) bond motifs is 1. The molecular formula is C24H23N3O3S. The normalized spacial score (nSPS) is 12.7. The Morgan fingerprint density at radius 3 is 2.29 bits per heavy atom. The third-order valence-corrected chi connectivity index (χ3v) is 7.02. The van der Waals surface area contributed by atoms with E-state index in [9.17, 15) is 13.2 Å². The number of aryl methyl sites for hydroxylation is 2. The molecule has 0 saturated carbocycles. The van der Waals surface area contributed by atoms with Crippen LogP contribution in [0.1, 0.15) is 24.1 Å². The van der Waals surface area contributed by atoms with E-state index in [-0.39, 0.29) is 16.5 Å². The van der Waals surface area contributed by atoms with Gasteiger partial charge in [0.2, 0.25) is 10.0 Å². The number of hydrogen-bond acceptors (Lipinski definition) is 4. The van der Waals surface area contributed by atoms with E-state index in [1.165, 1.54) is 4.68 Å². The molecular weight excluding hydrogens is 410 g/mol. The molecule has 1 heterocycles. The number of hydrogen-bond donors (Lipinski definition) is 1. The Hall–Kier alpha value is -3.29. The van der Waals surface area contributed by atoms with E-state index < -0.39 is 10.0 Å². The number of nitrogens with zero attached hydrogens (tertiary/aromatic N) is 2. The van der Waals surface area contributed by atoms with Crippen LogP contribution in [-0.4, -0.2) is 18.2 Å². The third-order valence-electron chi connectivity index (χ3n) is 5.34. The quantitative estimate of drug-likeness (QED) is 0.517. The van der Waals surface area contributed by atoms with Crippen molar-refractivity contribution in [2.45, 2.75) is 24.8 Å². The number of benzene rings is 3. The molecule has 0 spiro atoms. The molecule has 0 aliphatic heterocycles. The van der Waals surface area contributed by atoms with Crippen molar-refractivity contribution in [3.05, 3.63) is 94.3 Å². The number of nitrogens with one attached hydrogen (secondary N) is 1. The minimum atomic E-state index is -3.79. The summed E-state index contributed by atoms with van der Waals surface area (Å²) in [5.74, 6) is 0. The first-order valence-electron chi connectivity index (χ1n) is 9.92. The number of sulfonamides is 1. The van der Waals surface area contributed by atoms with Crippen molar-refractivity contribution in [1.82, 2.24) is 14.5 Å². The molecule has 0 bridgehead atoms. The molecule has 6 nitrogen and oxygen atoms in total. The zero-order valence-electron chi connectivity index (χ0n) is 17.5. The fourth-order valence-electron chi connectivity index (χ4n) is 3.66. The van der Waals surface area contributed by atoms with Gasteiger partial charge in [0.25, 0.3) is 5.56 Å². The van der Waals surface area contributed by atoms with E-state index in [0.717, 1.165) is 5.56 Å². The summed E-state index contributed by atoms with van der Waals surface area (Å²) in [4.78, 5) is 12.6. The van der Waals surface area contributed by atoms with Crippen molar-refractivity contribution in [3.63, 3.8) is 0 Å². The maximum absolute atomic E-state index is 13.2.